The SMILES string of the molecule is C.C.CCN(CC)C1CCC(c2cnc3[nH]cc(-c4cnn(C)c4)c3c2)CC1.CCN(CC)C1CCC(c2cnc3c(c2)c(-c2cnn(C)c2)cn3S(=O)(=O)c2ccccc2)CC1. The molecule has 13 heteroatoms. The highest BCUT2D eigenvalue weighted by atomic mass is 32.2. The number of rotatable bonds is 12. The van der Waals surface area contributed by atoms with E-state index < -0.39 is 10.0 Å². The summed E-state index contributed by atoms with van der Waals surface area (Å²) in [4.78, 5) is 18.2. The summed E-state index contributed by atoms with van der Waals surface area (Å²) in [5, 5.41) is 10.7. The first-order valence-electron chi connectivity index (χ1n) is 22.4. The van der Waals surface area contributed by atoms with Crippen molar-refractivity contribution in [2.45, 2.75) is 123 Å². The Morgan fingerprint density at radius 2 is 1.13 bits per heavy atom. The number of H-pyrrole nitrogens is 1. The zero-order valence-corrected chi connectivity index (χ0v) is 37.5. The van der Waals surface area contributed by atoms with Crippen molar-refractivity contribution in [1.29, 1.82) is 0 Å². The van der Waals surface area contributed by atoms with Crippen molar-refractivity contribution < 1.29 is 8.42 Å². The number of fused-ring (bicyclic) bond motifs is 2. The lowest BCUT2D eigenvalue weighted by Crippen LogP contribution is -2.37. The molecule has 0 amide bonds. The minimum atomic E-state index is -3.78. The van der Waals surface area contributed by atoms with Crippen LogP contribution < -0.4 is 0 Å². The Bertz CT molecular complexity index is 2640. The molecule has 6 heterocycles. The number of benzene rings is 1. The summed E-state index contributed by atoms with van der Waals surface area (Å²) in [6.07, 6.45) is 25.1. The minimum Gasteiger partial charge on any atom is -0.346 e. The molecule has 0 bridgehead atoms. The highest BCUT2D eigenvalue weighted by Gasteiger charge is 2.29. The van der Waals surface area contributed by atoms with Crippen molar-refractivity contribution >= 4 is 32.1 Å². The molecule has 0 saturated heterocycles. The van der Waals surface area contributed by atoms with E-state index in [1.165, 1.54) is 64.6 Å². The number of aromatic nitrogens is 8. The molecule has 12 nitrogen and oxygen atoms in total. The van der Waals surface area contributed by atoms with Crippen LogP contribution in [-0.4, -0.2) is 95.0 Å². The lowest BCUT2D eigenvalue weighted by molar-refractivity contribution is 0.164. The molecule has 0 atom stereocenters. The summed E-state index contributed by atoms with van der Waals surface area (Å²) in [7, 11) is 0.0323. The molecule has 63 heavy (non-hydrogen) atoms. The van der Waals surface area contributed by atoms with E-state index in [2.05, 4.69) is 83.4 Å². The summed E-state index contributed by atoms with van der Waals surface area (Å²) >= 11 is 0. The maximum absolute atomic E-state index is 13.5. The van der Waals surface area contributed by atoms with Crippen LogP contribution in [-0.2, 0) is 24.1 Å². The molecule has 2 aliphatic rings. The van der Waals surface area contributed by atoms with Crippen LogP contribution in [0.2, 0.25) is 0 Å². The van der Waals surface area contributed by atoms with Gasteiger partial charge in [0.15, 0.2) is 5.65 Å². The Labute approximate surface area is 375 Å². The fourth-order valence-corrected chi connectivity index (χ4v) is 11.4. The number of nitrogens with one attached hydrogen (secondary N) is 1. The Kier molecular flexibility index (Phi) is 15.5. The molecule has 0 radical (unpaired) electrons. The van der Waals surface area contributed by atoms with Gasteiger partial charge in [-0.15, -0.1) is 0 Å². The third-order valence-electron chi connectivity index (χ3n) is 13.5. The first-order chi connectivity index (χ1) is 29.6. The summed E-state index contributed by atoms with van der Waals surface area (Å²) in [5.41, 5.74) is 8.04. The average Bonchev–Trinajstić information content (AvgIpc) is 4.11. The van der Waals surface area contributed by atoms with E-state index in [0.717, 1.165) is 72.8 Å². The van der Waals surface area contributed by atoms with Gasteiger partial charge in [0.25, 0.3) is 10.0 Å². The smallest absolute Gasteiger partial charge is 0.269 e. The van der Waals surface area contributed by atoms with E-state index >= 15 is 0 Å². The maximum atomic E-state index is 13.5. The maximum Gasteiger partial charge on any atom is 0.269 e. The third kappa shape index (κ3) is 9.85. The van der Waals surface area contributed by atoms with E-state index in [4.69, 9.17) is 9.97 Å². The van der Waals surface area contributed by atoms with Crippen molar-refractivity contribution in [3.63, 3.8) is 0 Å². The summed E-state index contributed by atoms with van der Waals surface area (Å²) in [6, 6.07) is 14.4. The van der Waals surface area contributed by atoms with Gasteiger partial charge in [-0.3, -0.25) is 9.36 Å². The van der Waals surface area contributed by atoms with Crippen LogP contribution in [0.15, 0.2) is 96.9 Å². The van der Waals surface area contributed by atoms with Gasteiger partial charge in [-0.25, -0.2) is 22.4 Å². The lowest BCUT2D eigenvalue weighted by atomic mass is 9.81. The van der Waals surface area contributed by atoms with E-state index in [0.29, 0.717) is 23.5 Å². The Morgan fingerprint density at radius 3 is 1.62 bits per heavy atom. The predicted molar refractivity (Wildman–Crippen MR) is 259 cm³/mol. The molecule has 2 saturated carbocycles. The van der Waals surface area contributed by atoms with E-state index in [1.54, 1.807) is 41.3 Å². The van der Waals surface area contributed by atoms with Gasteiger partial charge < -0.3 is 14.8 Å². The van der Waals surface area contributed by atoms with Crippen LogP contribution in [0.3, 0.4) is 0 Å². The first-order valence-corrected chi connectivity index (χ1v) is 23.8. The second-order valence-electron chi connectivity index (χ2n) is 16.9. The Morgan fingerprint density at radius 1 is 0.635 bits per heavy atom. The van der Waals surface area contributed by atoms with Crippen LogP contribution in [0, 0.1) is 0 Å². The van der Waals surface area contributed by atoms with Crippen molar-refractivity contribution in [2.75, 3.05) is 26.2 Å². The Balaban J connectivity index is 0.000000211. The minimum absolute atomic E-state index is 0. The summed E-state index contributed by atoms with van der Waals surface area (Å²) in [6.45, 7) is 13.5. The second kappa shape index (κ2) is 20.6. The highest BCUT2D eigenvalue weighted by molar-refractivity contribution is 7.90. The first kappa shape index (κ1) is 47.4. The molecule has 1 aromatic carbocycles. The van der Waals surface area contributed by atoms with Gasteiger partial charge in [0.1, 0.15) is 5.65 Å². The highest BCUT2D eigenvalue weighted by Crippen LogP contribution is 2.40. The number of hydrogen-bond donors (Lipinski definition) is 1. The molecular weight excluding hydrogens is 805 g/mol. The number of pyridine rings is 2. The third-order valence-corrected chi connectivity index (χ3v) is 15.2. The number of aromatic amines is 1. The largest absolute Gasteiger partial charge is 0.346 e. The van der Waals surface area contributed by atoms with E-state index in [1.807, 2.05) is 43.4 Å². The molecule has 7 aromatic rings. The lowest BCUT2D eigenvalue weighted by Gasteiger charge is -2.35. The van der Waals surface area contributed by atoms with Crippen LogP contribution in [0.4, 0.5) is 0 Å². The number of hydrogen-bond acceptors (Lipinski definition) is 8. The van der Waals surface area contributed by atoms with Crippen molar-refractivity contribution in [3.8, 4) is 22.3 Å². The zero-order chi connectivity index (χ0) is 42.7. The molecule has 2 fully saturated rings. The monoisotopic (exact) mass is 875 g/mol. The average molecular weight is 875 g/mol. The molecule has 1 N–H and O–H groups in total. The van der Waals surface area contributed by atoms with Gasteiger partial charge in [0.05, 0.1) is 17.3 Å². The van der Waals surface area contributed by atoms with Gasteiger partial charge in [-0.05, 0) is 125 Å². The zero-order valence-electron chi connectivity index (χ0n) is 36.7. The van der Waals surface area contributed by atoms with Crippen LogP contribution in [0.1, 0.15) is 117 Å². The molecule has 0 unspecified atom stereocenters. The van der Waals surface area contributed by atoms with Crippen molar-refractivity contribution in [3.05, 3.63) is 103 Å². The molecule has 0 spiro atoms. The predicted octanol–water partition coefficient (Wildman–Crippen LogP) is 10.6. The van der Waals surface area contributed by atoms with Crippen LogP contribution in [0.25, 0.3) is 44.3 Å². The second-order valence-corrected chi connectivity index (χ2v) is 18.7. The van der Waals surface area contributed by atoms with Gasteiger partial charge >= 0.3 is 0 Å². The quantitative estimate of drug-likeness (QED) is 0.129. The molecule has 0 aliphatic heterocycles. The summed E-state index contributed by atoms with van der Waals surface area (Å²) in [5.74, 6) is 1.07. The summed E-state index contributed by atoms with van der Waals surface area (Å²) < 4.78 is 32.0. The van der Waals surface area contributed by atoms with Gasteiger partial charge in [-0.1, -0.05) is 60.7 Å². The fourth-order valence-electron chi connectivity index (χ4n) is 10.1. The number of aryl methyl sites for hydroxylation is 2. The van der Waals surface area contributed by atoms with Crippen molar-refractivity contribution in [1.82, 2.24) is 48.3 Å². The topological polar surface area (TPSA) is 123 Å². The molecular formula is C50H70N10O2S. The van der Waals surface area contributed by atoms with E-state index in [9.17, 15) is 8.42 Å². The normalized spacial score (nSPS) is 19.2. The van der Waals surface area contributed by atoms with Crippen molar-refractivity contribution in [2.24, 2.45) is 14.1 Å². The van der Waals surface area contributed by atoms with E-state index in [-0.39, 0.29) is 19.7 Å². The fraction of sp³-hybridized carbons (Fsp3) is 0.480. The molecule has 9 rings (SSSR count). The standard InChI is InChI=1S/C27H33N5O2S.C21H29N5.2CH4/c1-4-31(5-2)23-13-11-20(12-14-23)21-15-25-26(22-17-29-30(3)18-22)19-32(27(25)28-16-21)35(33,34)24-9-7-6-8-10-24;1-4-26(5-2)18-8-6-15(7-9-18)16-10-19-20(13-23-21(19)22-11-16)17-12-24-25(3)14-17;;/h6-10,15-20,23H,4-5,11-14H2,1-3H3;10-15,18H,4-9H2,1-3H3,(H,22,23);2*1H4. The van der Waals surface area contributed by atoms with Crippen LogP contribution >= 0.6 is 0 Å². The van der Waals surface area contributed by atoms with Crippen LogP contribution in [0.5, 0.6) is 0 Å². The Hall–Kier alpha value is -5.11. The van der Waals surface area contributed by atoms with Gasteiger partial charge in [0.2, 0.25) is 0 Å². The molecule has 6 aromatic heterocycles. The molecule has 2 aliphatic carbocycles. The molecule has 338 valence electrons. The van der Waals surface area contributed by atoms with Gasteiger partial charge in [-0.2, -0.15) is 10.2 Å². The number of nitrogens with zero attached hydrogens (tertiary/aromatic N) is 9. The van der Waals surface area contributed by atoms with Gasteiger partial charge in [0, 0.05) is 96.4 Å².